The van der Waals surface area contributed by atoms with E-state index in [1.165, 1.54) is 0 Å². The summed E-state index contributed by atoms with van der Waals surface area (Å²) in [5.41, 5.74) is 0. The Kier molecular flexibility index (Phi) is 3.85. The molecule has 0 amide bonds. The van der Waals surface area contributed by atoms with Crippen LogP contribution >= 0.6 is 0 Å². The van der Waals surface area contributed by atoms with Crippen molar-refractivity contribution in [2.45, 2.75) is 13.1 Å². The lowest BCUT2D eigenvalue weighted by molar-refractivity contribution is 0.226. The van der Waals surface area contributed by atoms with E-state index in [9.17, 15) is 0 Å². The van der Waals surface area contributed by atoms with Crippen LogP contribution in [0, 0.1) is 12.3 Å². The van der Waals surface area contributed by atoms with Gasteiger partial charge < -0.3 is 13.4 Å². The average molecular weight is 283 g/mol. The monoisotopic (exact) mass is 283 g/mol. The Hall–Kier alpha value is -2.78. The molecule has 0 N–H and O–H groups in total. The summed E-state index contributed by atoms with van der Waals surface area (Å²) in [5.74, 6) is 4.91. The molecule has 3 heterocycles. The van der Waals surface area contributed by atoms with Crippen molar-refractivity contribution >= 4 is 0 Å². The van der Waals surface area contributed by atoms with Crippen molar-refractivity contribution in [2.24, 2.45) is 0 Å². The third kappa shape index (κ3) is 3.22. The minimum atomic E-state index is 0.425. The fraction of sp³-hybridized carbons (Fsp3) is 0.200. The number of hydrogen-bond donors (Lipinski definition) is 0. The highest BCUT2D eigenvalue weighted by Gasteiger charge is 2.15. The topological polar surface area (TPSA) is 68.4 Å². The van der Waals surface area contributed by atoms with Gasteiger partial charge in [-0.05, 0) is 24.3 Å². The predicted molar refractivity (Wildman–Crippen MR) is 73.7 cm³/mol. The first-order valence-electron chi connectivity index (χ1n) is 6.40. The van der Waals surface area contributed by atoms with Crippen LogP contribution in [0.1, 0.15) is 11.7 Å². The predicted octanol–water partition coefficient (Wildman–Crippen LogP) is 2.56. The third-order valence-electron chi connectivity index (χ3n) is 2.84. The van der Waals surface area contributed by atoms with E-state index in [2.05, 4.69) is 16.1 Å². The zero-order valence-electron chi connectivity index (χ0n) is 11.2. The molecule has 0 saturated heterocycles. The highest BCUT2D eigenvalue weighted by atomic mass is 16.5. The van der Waals surface area contributed by atoms with E-state index in [1.807, 2.05) is 17.0 Å². The highest BCUT2D eigenvalue weighted by molar-refractivity contribution is 5.44. The van der Waals surface area contributed by atoms with Crippen LogP contribution in [0.5, 0.6) is 0 Å². The molecule has 6 nitrogen and oxygen atoms in total. The number of aromatic nitrogens is 2. The molecule has 0 spiro atoms. The highest BCUT2D eigenvalue weighted by Crippen LogP contribution is 2.17. The van der Waals surface area contributed by atoms with Crippen molar-refractivity contribution in [2.75, 3.05) is 6.54 Å². The van der Waals surface area contributed by atoms with Crippen LogP contribution in [0.3, 0.4) is 0 Å². The van der Waals surface area contributed by atoms with Gasteiger partial charge in [0.25, 0.3) is 0 Å². The lowest BCUT2D eigenvalue weighted by Crippen LogP contribution is -2.23. The molecule has 0 unspecified atom stereocenters. The van der Waals surface area contributed by atoms with Gasteiger partial charge in [0.05, 0.1) is 32.2 Å². The number of terminal acetylenes is 1. The number of furan rings is 2. The first kappa shape index (κ1) is 13.2. The summed E-state index contributed by atoms with van der Waals surface area (Å²) >= 11 is 0. The van der Waals surface area contributed by atoms with E-state index in [0.717, 1.165) is 5.76 Å². The van der Waals surface area contributed by atoms with Gasteiger partial charge in [-0.3, -0.25) is 4.90 Å². The third-order valence-corrected chi connectivity index (χ3v) is 2.84. The van der Waals surface area contributed by atoms with Gasteiger partial charge in [-0.25, -0.2) is 0 Å². The second-order valence-corrected chi connectivity index (χ2v) is 4.42. The Morgan fingerprint density at radius 1 is 1.14 bits per heavy atom. The largest absolute Gasteiger partial charge is 0.468 e. The van der Waals surface area contributed by atoms with Crippen molar-refractivity contribution < 1.29 is 13.4 Å². The second kappa shape index (κ2) is 6.11. The Balaban J connectivity index is 1.69. The summed E-state index contributed by atoms with van der Waals surface area (Å²) in [4.78, 5) is 6.26. The maximum Gasteiger partial charge on any atom is 0.241 e. The summed E-state index contributed by atoms with van der Waals surface area (Å²) in [6, 6.07) is 7.28. The molecule has 0 bridgehead atoms. The fourth-order valence-corrected chi connectivity index (χ4v) is 1.94. The molecule has 0 fully saturated rings. The molecule has 0 radical (unpaired) electrons. The van der Waals surface area contributed by atoms with Crippen LogP contribution in [0.2, 0.25) is 0 Å². The summed E-state index contributed by atoms with van der Waals surface area (Å²) in [7, 11) is 0. The van der Waals surface area contributed by atoms with Crippen molar-refractivity contribution in [3.8, 4) is 23.9 Å². The molecule has 0 aromatic carbocycles. The zero-order valence-corrected chi connectivity index (χ0v) is 11.2. The molecular formula is C15H13N3O3. The quantitative estimate of drug-likeness (QED) is 0.648. The molecule has 3 rings (SSSR count). The maximum atomic E-state index is 5.39. The van der Waals surface area contributed by atoms with E-state index in [1.54, 1.807) is 24.7 Å². The summed E-state index contributed by atoms with van der Waals surface area (Å²) in [6.07, 6.45) is 8.58. The Morgan fingerprint density at radius 2 is 2.00 bits per heavy atom. The van der Waals surface area contributed by atoms with Crippen LogP contribution in [0.4, 0.5) is 0 Å². The molecule has 0 aliphatic carbocycles. The van der Waals surface area contributed by atoms with Gasteiger partial charge in [-0.1, -0.05) is 11.1 Å². The minimum Gasteiger partial charge on any atom is -0.468 e. The van der Waals surface area contributed by atoms with E-state index in [0.29, 0.717) is 37.1 Å². The summed E-state index contributed by atoms with van der Waals surface area (Å²) in [5, 5.41) is 3.89. The molecule has 6 heteroatoms. The molecule has 3 aromatic heterocycles. The van der Waals surface area contributed by atoms with Crippen LogP contribution in [-0.4, -0.2) is 21.6 Å². The molecule has 3 aromatic rings. The van der Waals surface area contributed by atoms with E-state index in [-0.39, 0.29) is 0 Å². The first-order chi connectivity index (χ1) is 10.3. The van der Waals surface area contributed by atoms with Crippen LogP contribution in [0.15, 0.2) is 50.1 Å². The van der Waals surface area contributed by atoms with Crippen LogP contribution in [-0.2, 0) is 13.1 Å². The molecule has 0 aliphatic rings. The lowest BCUT2D eigenvalue weighted by atomic mass is 10.3. The van der Waals surface area contributed by atoms with Crippen molar-refractivity contribution in [3.63, 3.8) is 0 Å². The molecular weight excluding hydrogens is 270 g/mol. The SMILES string of the molecule is C#CCN(Cc1ccco1)Cc1nc(-c2ccco2)no1. The second-order valence-electron chi connectivity index (χ2n) is 4.42. The molecule has 106 valence electrons. The molecule has 0 atom stereocenters. The zero-order chi connectivity index (χ0) is 14.5. The average Bonchev–Trinajstić information content (AvgIpc) is 3.21. The van der Waals surface area contributed by atoms with E-state index < -0.39 is 0 Å². The Morgan fingerprint density at radius 3 is 2.71 bits per heavy atom. The van der Waals surface area contributed by atoms with Gasteiger partial charge in [0.2, 0.25) is 11.7 Å². The van der Waals surface area contributed by atoms with Crippen LogP contribution < -0.4 is 0 Å². The summed E-state index contributed by atoms with van der Waals surface area (Å²) < 4.78 is 15.8. The lowest BCUT2D eigenvalue weighted by Gasteiger charge is -2.15. The molecule has 0 aliphatic heterocycles. The number of rotatable bonds is 6. The first-order valence-corrected chi connectivity index (χ1v) is 6.40. The number of nitrogens with zero attached hydrogens (tertiary/aromatic N) is 3. The molecule has 21 heavy (non-hydrogen) atoms. The maximum absolute atomic E-state index is 5.39. The van der Waals surface area contributed by atoms with Crippen molar-refractivity contribution in [3.05, 3.63) is 48.4 Å². The minimum absolute atomic E-state index is 0.425. The molecule has 0 saturated carbocycles. The number of hydrogen-bond acceptors (Lipinski definition) is 6. The summed E-state index contributed by atoms with van der Waals surface area (Å²) in [6.45, 7) is 1.48. The van der Waals surface area contributed by atoms with Gasteiger partial charge in [-0.15, -0.1) is 6.42 Å². The van der Waals surface area contributed by atoms with Gasteiger partial charge in [-0.2, -0.15) is 4.98 Å². The van der Waals surface area contributed by atoms with Gasteiger partial charge in [0.1, 0.15) is 5.76 Å². The van der Waals surface area contributed by atoms with Crippen molar-refractivity contribution in [1.82, 2.24) is 15.0 Å². The van der Waals surface area contributed by atoms with Gasteiger partial charge >= 0.3 is 0 Å². The Bertz CT molecular complexity index is 708. The smallest absolute Gasteiger partial charge is 0.241 e. The van der Waals surface area contributed by atoms with E-state index in [4.69, 9.17) is 19.8 Å². The van der Waals surface area contributed by atoms with E-state index >= 15 is 0 Å². The van der Waals surface area contributed by atoms with Crippen molar-refractivity contribution in [1.29, 1.82) is 0 Å². The van der Waals surface area contributed by atoms with Gasteiger partial charge in [0.15, 0.2) is 5.76 Å². The normalized spacial score (nSPS) is 10.9. The van der Waals surface area contributed by atoms with Gasteiger partial charge in [0, 0.05) is 0 Å². The van der Waals surface area contributed by atoms with Crippen LogP contribution in [0.25, 0.3) is 11.6 Å². The fourth-order valence-electron chi connectivity index (χ4n) is 1.94. The standard InChI is InChI=1S/C15H13N3O3/c1-2-7-18(10-12-5-3-8-19-12)11-14-16-15(17-21-14)13-6-4-9-20-13/h1,3-6,8-9H,7,10-11H2. The Labute approximate surface area is 121 Å².